The van der Waals surface area contributed by atoms with E-state index in [9.17, 15) is 8.42 Å². The van der Waals surface area contributed by atoms with Crippen LogP contribution in [0, 0.1) is 0 Å². The summed E-state index contributed by atoms with van der Waals surface area (Å²) >= 11 is 0. The third-order valence-electron chi connectivity index (χ3n) is 5.10. The van der Waals surface area contributed by atoms with Gasteiger partial charge in [0.25, 0.3) is 0 Å². The fourth-order valence-corrected chi connectivity index (χ4v) is 4.64. The third-order valence-corrected chi connectivity index (χ3v) is 7.16. The monoisotopic (exact) mass is 444 g/mol. The van der Waals surface area contributed by atoms with Crippen LogP contribution >= 0.6 is 0 Å². The van der Waals surface area contributed by atoms with E-state index >= 15 is 0 Å². The maximum absolute atomic E-state index is 12.6. The Morgan fingerprint density at radius 2 is 1.71 bits per heavy atom. The summed E-state index contributed by atoms with van der Waals surface area (Å²) in [5.74, 6) is 1.75. The van der Waals surface area contributed by atoms with Crippen LogP contribution in [0.1, 0.15) is 38.3 Å². The van der Waals surface area contributed by atoms with E-state index in [0.717, 1.165) is 16.9 Å². The zero-order chi connectivity index (χ0) is 22.4. The van der Waals surface area contributed by atoms with Gasteiger partial charge in [0.2, 0.25) is 21.7 Å². The van der Waals surface area contributed by atoms with Crippen LogP contribution in [0.25, 0.3) is 11.4 Å². The lowest BCUT2D eigenvalue weighted by Gasteiger charge is -2.19. The van der Waals surface area contributed by atoms with Gasteiger partial charge < -0.3 is 14.6 Å². The summed E-state index contributed by atoms with van der Waals surface area (Å²) in [4.78, 5) is 4.72. The van der Waals surface area contributed by atoms with E-state index in [1.54, 1.807) is 19.2 Å². The number of methoxy groups -OCH3 is 1. The molecule has 8 nitrogen and oxygen atoms in total. The lowest BCUT2D eigenvalue weighted by molar-refractivity contribution is 0.360. The maximum Gasteiger partial charge on any atom is 0.243 e. The molecule has 1 N–H and O–H groups in total. The summed E-state index contributed by atoms with van der Waals surface area (Å²) in [5, 5.41) is 7.35. The van der Waals surface area contributed by atoms with Crippen molar-refractivity contribution in [3.8, 4) is 17.1 Å². The molecule has 0 unspecified atom stereocenters. The number of nitrogens with one attached hydrogen (secondary N) is 1. The molecule has 166 valence electrons. The van der Waals surface area contributed by atoms with Gasteiger partial charge in [0, 0.05) is 24.7 Å². The van der Waals surface area contributed by atoms with Crippen molar-refractivity contribution in [1.82, 2.24) is 19.8 Å². The molecule has 3 aromatic rings. The predicted molar refractivity (Wildman–Crippen MR) is 118 cm³/mol. The Bertz CT molecular complexity index is 1080. The van der Waals surface area contributed by atoms with Crippen LogP contribution in [0.15, 0.2) is 57.9 Å². The van der Waals surface area contributed by atoms with Gasteiger partial charge in [-0.25, -0.2) is 8.42 Å². The van der Waals surface area contributed by atoms with Gasteiger partial charge in [0.1, 0.15) is 5.75 Å². The van der Waals surface area contributed by atoms with Crippen LogP contribution in [0.3, 0.4) is 0 Å². The summed E-state index contributed by atoms with van der Waals surface area (Å²) in [7, 11) is -1.84. The normalized spacial score (nSPS) is 12.8. The van der Waals surface area contributed by atoms with E-state index in [4.69, 9.17) is 9.26 Å². The molecule has 9 heteroatoms. The lowest BCUT2D eigenvalue weighted by Crippen LogP contribution is -2.30. The number of aromatic nitrogens is 2. The van der Waals surface area contributed by atoms with Crippen LogP contribution in [0.5, 0.6) is 5.75 Å². The minimum atomic E-state index is -3.46. The zero-order valence-corrected chi connectivity index (χ0v) is 19.0. The summed E-state index contributed by atoms with van der Waals surface area (Å²) < 4.78 is 37.2. The highest BCUT2D eigenvalue weighted by atomic mass is 32.2. The molecule has 0 aliphatic rings. The summed E-state index contributed by atoms with van der Waals surface area (Å²) in [6.07, 6.45) is 0. The van der Waals surface area contributed by atoms with Crippen molar-refractivity contribution in [2.24, 2.45) is 0 Å². The van der Waals surface area contributed by atoms with E-state index in [1.165, 1.54) is 4.31 Å². The van der Waals surface area contributed by atoms with Crippen molar-refractivity contribution in [3.05, 3.63) is 60.0 Å². The van der Waals surface area contributed by atoms with Crippen molar-refractivity contribution >= 4 is 10.0 Å². The first-order valence-corrected chi connectivity index (χ1v) is 11.6. The third kappa shape index (κ3) is 5.30. The Balaban J connectivity index is 1.62. The number of benzene rings is 2. The minimum Gasteiger partial charge on any atom is -0.497 e. The molecule has 1 atom stereocenters. The van der Waals surface area contributed by atoms with Crippen molar-refractivity contribution in [3.63, 3.8) is 0 Å². The average Bonchev–Trinajstić information content (AvgIpc) is 3.27. The number of hydrogen-bond donors (Lipinski definition) is 1. The SMILES string of the molecule is CCN(CC)S(=O)(=O)c1ccc([C@@H](C)NCc2nc(-c3ccc(OC)cc3)no2)cc1. The molecular weight excluding hydrogens is 416 g/mol. The minimum absolute atomic E-state index is 0.0263. The van der Waals surface area contributed by atoms with Crippen molar-refractivity contribution < 1.29 is 17.7 Å². The van der Waals surface area contributed by atoms with Gasteiger partial charge in [0.15, 0.2) is 0 Å². The van der Waals surface area contributed by atoms with Gasteiger partial charge in [-0.1, -0.05) is 31.1 Å². The van der Waals surface area contributed by atoms with E-state index in [1.807, 2.05) is 57.2 Å². The van der Waals surface area contributed by atoms with Gasteiger partial charge in [0.05, 0.1) is 18.6 Å². The molecule has 0 saturated heterocycles. The summed E-state index contributed by atoms with van der Waals surface area (Å²) in [5.41, 5.74) is 1.81. The highest BCUT2D eigenvalue weighted by molar-refractivity contribution is 7.89. The molecule has 31 heavy (non-hydrogen) atoms. The van der Waals surface area contributed by atoms with Crippen molar-refractivity contribution in [2.45, 2.75) is 38.3 Å². The van der Waals surface area contributed by atoms with Crippen molar-refractivity contribution in [1.29, 1.82) is 0 Å². The zero-order valence-electron chi connectivity index (χ0n) is 18.2. The standard InChI is InChI=1S/C22H28N4O4S/c1-5-26(6-2)31(27,28)20-13-9-17(10-14-20)16(3)23-15-21-24-22(25-30-21)18-7-11-19(29-4)12-8-18/h7-14,16,23H,5-6,15H2,1-4H3/t16-/m1/s1. The van der Waals surface area contributed by atoms with Crippen molar-refractivity contribution in [2.75, 3.05) is 20.2 Å². The Hall–Kier alpha value is -2.75. The first-order chi connectivity index (χ1) is 14.9. The first-order valence-electron chi connectivity index (χ1n) is 10.2. The molecule has 1 aromatic heterocycles. The van der Waals surface area contributed by atoms with Gasteiger partial charge in [-0.15, -0.1) is 0 Å². The predicted octanol–water partition coefficient (Wildman–Crippen LogP) is 3.63. The fraction of sp³-hybridized carbons (Fsp3) is 0.364. The second-order valence-corrected chi connectivity index (χ2v) is 8.94. The molecule has 1 heterocycles. The van der Waals surface area contributed by atoms with E-state index in [-0.39, 0.29) is 6.04 Å². The number of hydrogen-bond acceptors (Lipinski definition) is 7. The molecule has 0 aliphatic carbocycles. The highest BCUT2D eigenvalue weighted by Crippen LogP contribution is 2.21. The molecule has 0 aliphatic heterocycles. The van der Waals surface area contributed by atoms with Crippen LogP contribution in [-0.4, -0.2) is 43.1 Å². The molecule has 0 fully saturated rings. The molecule has 0 amide bonds. The van der Waals surface area contributed by atoms with Crippen LogP contribution in [0.2, 0.25) is 0 Å². The Morgan fingerprint density at radius 3 is 2.29 bits per heavy atom. The van der Waals surface area contributed by atoms with E-state index in [0.29, 0.717) is 36.2 Å². The molecule has 0 bridgehead atoms. The van der Waals surface area contributed by atoms with E-state index in [2.05, 4.69) is 15.5 Å². The lowest BCUT2D eigenvalue weighted by atomic mass is 10.1. The molecule has 0 radical (unpaired) electrons. The van der Waals surface area contributed by atoms with Gasteiger partial charge in [-0.3, -0.25) is 0 Å². The molecule has 2 aromatic carbocycles. The smallest absolute Gasteiger partial charge is 0.243 e. The van der Waals surface area contributed by atoms with Crippen LogP contribution in [-0.2, 0) is 16.6 Å². The fourth-order valence-electron chi connectivity index (χ4n) is 3.18. The molecule has 0 spiro atoms. The molecular formula is C22H28N4O4S. The molecule has 3 rings (SSSR count). The van der Waals surface area contributed by atoms with Crippen LogP contribution < -0.4 is 10.1 Å². The average molecular weight is 445 g/mol. The quantitative estimate of drug-likeness (QED) is 0.510. The van der Waals surface area contributed by atoms with Crippen LogP contribution in [0.4, 0.5) is 0 Å². The number of sulfonamides is 1. The topological polar surface area (TPSA) is 97.6 Å². The van der Waals surface area contributed by atoms with Gasteiger partial charge >= 0.3 is 0 Å². The number of rotatable bonds is 10. The second-order valence-electron chi connectivity index (χ2n) is 7.00. The second kappa shape index (κ2) is 10.0. The van der Waals surface area contributed by atoms with Gasteiger partial charge in [-0.05, 0) is 48.9 Å². The first kappa shape index (κ1) is 22.9. The number of nitrogens with zero attached hydrogens (tertiary/aromatic N) is 3. The largest absolute Gasteiger partial charge is 0.497 e. The van der Waals surface area contributed by atoms with E-state index < -0.39 is 10.0 Å². The Kier molecular flexibility index (Phi) is 7.42. The highest BCUT2D eigenvalue weighted by Gasteiger charge is 2.21. The number of ether oxygens (including phenoxy) is 1. The summed E-state index contributed by atoms with van der Waals surface area (Å²) in [6, 6.07) is 14.3. The Morgan fingerprint density at radius 1 is 1.06 bits per heavy atom. The Labute approximate surface area is 183 Å². The van der Waals surface area contributed by atoms with Gasteiger partial charge in [-0.2, -0.15) is 9.29 Å². The maximum atomic E-state index is 12.6. The molecule has 0 saturated carbocycles. The summed E-state index contributed by atoms with van der Waals surface area (Å²) in [6.45, 7) is 6.94.